The molecule has 2 aromatic rings. The van der Waals surface area contributed by atoms with Gasteiger partial charge in [0, 0.05) is 24.2 Å². The van der Waals surface area contributed by atoms with Crippen molar-refractivity contribution in [2.45, 2.75) is 75.4 Å². The van der Waals surface area contributed by atoms with Crippen molar-refractivity contribution in [3.63, 3.8) is 0 Å². The zero-order valence-electron chi connectivity index (χ0n) is 22.1. The molecule has 2 saturated heterocycles. The Labute approximate surface area is 233 Å². The molecule has 3 amide bonds. The fourth-order valence-electron chi connectivity index (χ4n) is 7.01. The maximum absolute atomic E-state index is 14.2. The number of carbonyl (C=O) groups excluding carboxylic acids is 3. The number of nitrogens with one attached hydrogen (secondary N) is 2. The van der Waals surface area contributed by atoms with E-state index in [0.29, 0.717) is 11.6 Å². The topological polar surface area (TPSA) is 87.7 Å². The summed E-state index contributed by atoms with van der Waals surface area (Å²) in [5.74, 6) is -2.19. The van der Waals surface area contributed by atoms with Gasteiger partial charge in [0.15, 0.2) is 0 Å². The maximum atomic E-state index is 14.2. The van der Waals surface area contributed by atoms with Crippen LogP contribution >= 0.6 is 11.6 Å². The molecule has 7 nitrogen and oxygen atoms in total. The third-order valence-corrected chi connectivity index (χ3v) is 9.11. The summed E-state index contributed by atoms with van der Waals surface area (Å²) in [6.45, 7) is 2.40. The molecular weight excluding hydrogens is 514 g/mol. The lowest BCUT2D eigenvalue weighted by Gasteiger charge is -2.33. The van der Waals surface area contributed by atoms with Gasteiger partial charge in [-0.2, -0.15) is 0 Å². The lowest BCUT2D eigenvalue weighted by atomic mass is 9.70. The van der Waals surface area contributed by atoms with Crippen molar-refractivity contribution in [2.24, 2.45) is 11.8 Å². The van der Waals surface area contributed by atoms with Crippen LogP contribution in [0.25, 0.3) is 0 Å². The minimum Gasteiger partial charge on any atom is -0.356 e. The molecule has 1 saturated carbocycles. The second-order valence-corrected chi connectivity index (χ2v) is 11.9. The van der Waals surface area contributed by atoms with Crippen molar-refractivity contribution in [2.75, 3.05) is 0 Å². The molecule has 0 aromatic heterocycles. The molecule has 0 unspecified atom stereocenters. The van der Waals surface area contributed by atoms with Crippen LogP contribution in [0, 0.1) is 11.8 Å². The number of benzene rings is 2. The highest BCUT2D eigenvalue weighted by Crippen LogP contribution is 2.59. The quantitative estimate of drug-likeness (QED) is 0.510. The van der Waals surface area contributed by atoms with Crippen molar-refractivity contribution in [3.05, 3.63) is 82.9 Å². The number of carbonyl (C=O) groups is 3. The van der Waals surface area contributed by atoms with Gasteiger partial charge in [-0.1, -0.05) is 85.5 Å². The summed E-state index contributed by atoms with van der Waals surface area (Å²) in [6.07, 6.45) is 9.00. The third kappa shape index (κ3) is 4.55. The van der Waals surface area contributed by atoms with Gasteiger partial charge in [-0.05, 0) is 43.0 Å². The van der Waals surface area contributed by atoms with Crippen molar-refractivity contribution in [1.29, 1.82) is 0 Å². The largest absolute Gasteiger partial charge is 0.356 e. The molecule has 1 spiro atoms. The zero-order chi connectivity index (χ0) is 27.2. The number of fused-ring (bicyclic) bond motifs is 1. The van der Waals surface area contributed by atoms with Crippen LogP contribution in [0.3, 0.4) is 0 Å². The summed E-state index contributed by atoms with van der Waals surface area (Å²) in [6, 6.07) is 16.1. The van der Waals surface area contributed by atoms with E-state index in [2.05, 4.69) is 10.6 Å². The molecule has 4 aliphatic rings. The van der Waals surface area contributed by atoms with E-state index in [1.54, 1.807) is 17.0 Å². The molecule has 2 N–H and O–H groups in total. The van der Waals surface area contributed by atoms with Gasteiger partial charge in [0.05, 0.1) is 17.4 Å². The van der Waals surface area contributed by atoms with E-state index in [9.17, 15) is 14.4 Å². The number of halogens is 1. The molecule has 2 bridgehead atoms. The SMILES string of the molecule is C[C@@]12C=C[C@]3(O1)[C@H](C(=O)N(Cc1ccc(Cl)cc1)[C@@H]3C(=O)NCc1ccccc1)[C@@H]2C(=O)NC1CCCCC1. The first-order chi connectivity index (χ1) is 18.8. The van der Waals surface area contributed by atoms with E-state index in [1.165, 1.54) is 6.42 Å². The summed E-state index contributed by atoms with van der Waals surface area (Å²) < 4.78 is 6.62. The van der Waals surface area contributed by atoms with Crippen LogP contribution in [0.5, 0.6) is 0 Å². The predicted molar refractivity (Wildman–Crippen MR) is 147 cm³/mol. The zero-order valence-corrected chi connectivity index (χ0v) is 22.8. The first-order valence-electron chi connectivity index (χ1n) is 13.9. The highest BCUT2D eigenvalue weighted by atomic mass is 35.5. The number of amides is 3. The maximum Gasteiger partial charge on any atom is 0.246 e. The highest BCUT2D eigenvalue weighted by Gasteiger charge is 2.76. The van der Waals surface area contributed by atoms with Crippen molar-refractivity contribution < 1.29 is 19.1 Å². The summed E-state index contributed by atoms with van der Waals surface area (Å²) in [5.41, 5.74) is -0.368. The minimum absolute atomic E-state index is 0.112. The lowest BCUT2D eigenvalue weighted by molar-refractivity contribution is -0.145. The Kier molecular flexibility index (Phi) is 6.76. The Balaban J connectivity index is 1.32. The van der Waals surface area contributed by atoms with E-state index >= 15 is 0 Å². The first kappa shape index (κ1) is 26.1. The molecule has 3 fully saturated rings. The molecule has 0 radical (unpaired) electrons. The number of likely N-dealkylation sites (tertiary alicyclic amines) is 1. The fraction of sp³-hybridized carbons (Fsp3) is 0.452. The normalized spacial score (nSPS) is 31.4. The molecule has 1 aliphatic carbocycles. The van der Waals surface area contributed by atoms with Crippen LogP contribution in [0.4, 0.5) is 0 Å². The predicted octanol–water partition coefficient (Wildman–Crippen LogP) is 4.15. The standard InChI is InChI=1S/C31H34ClN3O4/c1-30-16-17-31(39-30)25(24(30)27(36)34-23-10-6-3-7-11-23)29(38)35(19-21-12-14-22(32)15-13-21)26(31)28(37)33-18-20-8-4-2-5-9-20/h2,4-5,8-9,12-17,23-26H,3,6-7,10-11,18-19H2,1H3,(H,33,37)(H,34,36)/t24-,25+,26-,30+,31+/m1/s1. The second kappa shape index (κ2) is 10.1. The number of hydrogen-bond donors (Lipinski definition) is 2. The number of ether oxygens (including phenoxy) is 1. The summed E-state index contributed by atoms with van der Waals surface area (Å²) in [4.78, 5) is 43.5. The van der Waals surface area contributed by atoms with Gasteiger partial charge in [0.1, 0.15) is 11.6 Å². The fourth-order valence-corrected chi connectivity index (χ4v) is 7.13. The van der Waals surface area contributed by atoms with Gasteiger partial charge in [-0.3, -0.25) is 14.4 Å². The van der Waals surface area contributed by atoms with E-state index in [4.69, 9.17) is 16.3 Å². The van der Waals surface area contributed by atoms with E-state index in [1.807, 2.05) is 61.5 Å². The summed E-state index contributed by atoms with van der Waals surface area (Å²) >= 11 is 6.09. The molecule has 204 valence electrons. The van der Waals surface area contributed by atoms with E-state index in [0.717, 1.165) is 36.8 Å². The monoisotopic (exact) mass is 547 g/mol. The average Bonchev–Trinajstić information content (AvgIpc) is 3.50. The summed E-state index contributed by atoms with van der Waals surface area (Å²) in [7, 11) is 0. The molecule has 39 heavy (non-hydrogen) atoms. The van der Waals surface area contributed by atoms with Gasteiger partial charge in [-0.15, -0.1) is 0 Å². The average molecular weight is 548 g/mol. The molecule has 5 atom stereocenters. The van der Waals surface area contributed by atoms with Gasteiger partial charge in [0.2, 0.25) is 17.7 Å². The highest BCUT2D eigenvalue weighted by molar-refractivity contribution is 6.30. The molecule has 8 heteroatoms. The summed E-state index contributed by atoms with van der Waals surface area (Å²) in [5, 5.41) is 6.85. The van der Waals surface area contributed by atoms with Gasteiger partial charge >= 0.3 is 0 Å². The van der Waals surface area contributed by atoms with Gasteiger partial charge in [-0.25, -0.2) is 0 Å². The lowest BCUT2D eigenvalue weighted by Crippen LogP contribution is -2.54. The Bertz CT molecular complexity index is 1290. The van der Waals surface area contributed by atoms with Crippen LogP contribution in [0.1, 0.15) is 50.2 Å². The van der Waals surface area contributed by atoms with Crippen molar-refractivity contribution in [3.8, 4) is 0 Å². The van der Waals surface area contributed by atoms with Crippen LogP contribution in [-0.4, -0.2) is 45.9 Å². The van der Waals surface area contributed by atoms with Gasteiger partial charge in [0.25, 0.3) is 0 Å². The Morgan fingerprint density at radius 3 is 2.41 bits per heavy atom. The van der Waals surface area contributed by atoms with Crippen molar-refractivity contribution in [1.82, 2.24) is 15.5 Å². The van der Waals surface area contributed by atoms with E-state index < -0.39 is 29.1 Å². The van der Waals surface area contributed by atoms with Crippen LogP contribution < -0.4 is 10.6 Å². The third-order valence-electron chi connectivity index (χ3n) is 8.85. The Morgan fingerprint density at radius 1 is 0.974 bits per heavy atom. The van der Waals surface area contributed by atoms with Crippen LogP contribution in [0.15, 0.2) is 66.7 Å². The second-order valence-electron chi connectivity index (χ2n) is 11.5. The van der Waals surface area contributed by atoms with Crippen LogP contribution in [-0.2, 0) is 32.2 Å². The first-order valence-corrected chi connectivity index (χ1v) is 14.3. The molecule has 2 aromatic carbocycles. The number of nitrogens with zero attached hydrogens (tertiary/aromatic N) is 1. The minimum atomic E-state index is -1.21. The number of hydrogen-bond acceptors (Lipinski definition) is 4. The van der Waals surface area contributed by atoms with Crippen LogP contribution in [0.2, 0.25) is 5.02 Å². The molecule has 3 aliphatic heterocycles. The molecule has 3 heterocycles. The molecular formula is C31H34ClN3O4. The van der Waals surface area contributed by atoms with E-state index in [-0.39, 0.29) is 30.3 Å². The van der Waals surface area contributed by atoms with Gasteiger partial charge < -0.3 is 20.3 Å². The smallest absolute Gasteiger partial charge is 0.246 e. The molecule has 6 rings (SSSR count). The Hall–Kier alpha value is -3.16. The Morgan fingerprint density at radius 2 is 1.69 bits per heavy atom. The number of rotatable bonds is 7. The van der Waals surface area contributed by atoms with Crippen molar-refractivity contribution >= 4 is 29.3 Å².